The van der Waals surface area contributed by atoms with Gasteiger partial charge in [0.2, 0.25) is 0 Å². The van der Waals surface area contributed by atoms with Crippen LogP contribution in [0.4, 0.5) is 0 Å². The van der Waals surface area contributed by atoms with Crippen molar-refractivity contribution in [2.24, 2.45) is 5.10 Å². The highest BCUT2D eigenvalue weighted by Gasteiger charge is 2.35. The highest BCUT2D eigenvalue weighted by molar-refractivity contribution is 6.14. The Kier molecular flexibility index (Phi) is 7.01. The molecule has 0 spiro atoms. The zero-order chi connectivity index (χ0) is 25.9. The highest BCUT2D eigenvalue weighted by Crippen LogP contribution is 2.39. The number of benzene rings is 3. The summed E-state index contributed by atoms with van der Waals surface area (Å²) >= 11 is 0. The maximum atomic E-state index is 13.1. The summed E-state index contributed by atoms with van der Waals surface area (Å²) in [5.41, 5.74) is 8.03. The Morgan fingerprint density at radius 2 is 1.70 bits per heavy atom. The third kappa shape index (κ3) is 4.85. The van der Waals surface area contributed by atoms with Crippen molar-refractivity contribution >= 4 is 22.5 Å². The normalized spacial score (nSPS) is 15.2. The summed E-state index contributed by atoms with van der Waals surface area (Å²) < 4.78 is 10.8. The molecule has 1 atom stereocenters. The molecule has 0 bridgehead atoms. The van der Waals surface area contributed by atoms with Gasteiger partial charge in [-0.1, -0.05) is 60.2 Å². The highest BCUT2D eigenvalue weighted by atomic mass is 16.5. The second kappa shape index (κ2) is 10.5. The average molecular weight is 494 g/mol. The summed E-state index contributed by atoms with van der Waals surface area (Å²) in [5, 5.41) is 7.55. The minimum absolute atomic E-state index is 0.0376. The van der Waals surface area contributed by atoms with E-state index < -0.39 is 0 Å². The lowest BCUT2D eigenvalue weighted by Crippen LogP contribution is -2.30. The molecule has 6 nitrogen and oxygen atoms in total. The molecule has 1 amide bonds. The number of nitrogens with zero attached hydrogens (tertiary/aromatic N) is 3. The van der Waals surface area contributed by atoms with Crippen LogP contribution in [0.3, 0.4) is 0 Å². The summed E-state index contributed by atoms with van der Waals surface area (Å²) in [7, 11) is 1.53. The Hall–Kier alpha value is -4.03. The van der Waals surface area contributed by atoms with Crippen molar-refractivity contribution in [3.8, 4) is 16.9 Å². The molecule has 0 saturated heterocycles. The number of rotatable bonds is 7. The van der Waals surface area contributed by atoms with E-state index in [0.717, 1.165) is 50.3 Å². The smallest absolute Gasteiger partial charge is 0.269 e. The Labute approximate surface area is 217 Å². The van der Waals surface area contributed by atoms with E-state index >= 15 is 0 Å². The molecule has 0 unspecified atom stereocenters. The number of aryl methyl sites for hydroxylation is 2. The van der Waals surface area contributed by atoms with Gasteiger partial charge in [0.15, 0.2) is 0 Å². The maximum absolute atomic E-state index is 13.1. The second-order valence-corrected chi connectivity index (χ2v) is 9.27. The van der Waals surface area contributed by atoms with Crippen molar-refractivity contribution in [1.82, 2.24) is 9.99 Å². The van der Waals surface area contributed by atoms with Gasteiger partial charge in [-0.3, -0.25) is 9.78 Å². The lowest BCUT2D eigenvalue weighted by Gasteiger charge is -2.22. The molecule has 6 heteroatoms. The number of methoxy groups -OCH3 is 1. The first-order chi connectivity index (χ1) is 18.0. The summed E-state index contributed by atoms with van der Waals surface area (Å²) in [6, 6.07) is 24.4. The molecular weight excluding hydrogens is 462 g/mol. The number of hydrazone groups is 1. The van der Waals surface area contributed by atoms with Crippen LogP contribution in [0.1, 0.15) is 41.8 Å². The quantitative estimate of drug-likeness (QED) is 0.306. The topological polar surface area (TPSA) is 64.0 Å². The van der Waals surface area contributed by atoms with Gasteiger partial charge in [0.05, 0.1) is 23.9 Å². The molecule has 1 aliphatic rings. The zero-order valence-electron chi connectivity index (χ0n) is 21.7. The number of para-hydroxylation sites is 1. The molecule has 2 heterocycles. The molecule has 3 aromatic carbocycles. The van der Waals surface area contributed by atoms with Crippen LogP contribution in [0.2, 0.25) is 0 Å². The number of fused-ring (bicyclic) bond motifs is 1. The first-order valence-corrected chi connectivity index (χ1v) is 12.6. The maximum Gasteiger partial charge on any atom is 0.269 e. The lowest BCUT2D eigenvalue weighted by atomic mass is 9.89. The number of amides is 1. The van der Waals surface area contributed by atoms with Crippen LogP contribution in [-0.4, -0.2) is 41.9 Å². The third-order valence-electron chi connectivity index (χ3n) is 6.71. The Bertz CT molecular complexity index is 1460. The molecule has 0 saturated carbocycles. The Morgan fingerprint density at radius 3 is 2.41 bits per heavy atom. The standard InChI is InChI=1S/C31H31N3O3/c1-5-37-24-16-14-22(15-17-24)28-18-27(33-34(28)29(35)19-36-4)30-21(3)32-26-9-7-6-8-25(26)31(30)23-12-10-20(2)11-13-23/h6-17,28H,5,18-19H2,1-4H3/t28-/m1/s1. The fraction of sp³-hybridized carbons (Fsp3) is 0.258. The predicted octanol–water partition coefficient (Wildman–Crippen LogP) is 6.24. The minimum Gasteiger partial charge on any atom is -0.494 e. The van der Waals surface area contributed by atoms with Gasteiger partial charge in [0, 0.05) is 35.7 Å². The van der Waals surface area contributed by atoms with E-state index in [1.165, 1.54) is 12.7 Å². The van der Waals surface area contributed by atoms with Crippen LogP contribution in [0.15, 0.2) is 77.9 Å². The fourth-order valence-corrected chi connectivity index (χ4v) is 5.00. The van der Waals surface area contributed by atoms with Crippen LogP contribution in [0.25, 0.3) is 22.0 Å². The lowest BCUT2D eigenvalue weighted by molar-refractivity contribution is -0.137. The van der Waals surface area contributed by atoms with E-state index in [9.17, 15) is 4.79 Å². The van der Waals surface area contributed by atoms with Gasteiger partial charge in [-0.2, -0.15) is 5.10 Å². The summed E-state index contributed by atoms with van der Waals surface area (Å²) in [5.74, 6) is 0.621. The number of carbonyl (C=O) groups excluding carboxylic acids is 1. The van der Waals surface area contributed by atoms with Gasteiger partial charge >= 0.3 is 0 Å². The Morgan fingerprint density at radius 1 is 0.973 bits per heavy atom. The van der Waals surface area contributed by atoms with Gasteiger partial charge in [-0.05, 0) is 50.1 Å². The van der Waals surface area contributed by atoms with E-state index in [0.29, 0.717) is 13.0 Å². The molecule has 0 N–H and O–H groups in total. The van der Waals surface area contributed by atoms with Crippen LogP contribution in [0.5, 0.6) is 5.75 Å². The molecule has 1 aromatic heterocycles. The van der Waals surface area contributed by atoms with Crippen molar-refractivity contribution in [2.75, 3.05) is 20.3 Å². The molecule has 0 fully saturated rings. The molecule has 4 aromatic rings. The second-order valence-electron chi connectivity index (χ2n) is 9.27. The number of pyridine rings is 1. The van der Waals surface area contributed by atoms with E-state index in [1.807, 2.05) is 56.3 Å². The Balaban J connectivity index is 1.65. The van der Waals surface area contributed by atoms with Gasteiger partial charge < -0.3 is 9.47 Å². The molecule has 0 aliphatic carbocycles. The van der Waals surface area contributed by atoms with E-state index in [-0.39, 0.29) is 18.6 Å². The predicted molar refractivity (Wildman–Crippen MR) is 147 cm³/mol. The van der Waals surface area contributed by atoms with Gasteiger partial charge in [0.25, 0.3) is 5.91 Å². The molecule has 1 aliphatic heterocycles. The number of ether oxygens (including phenoxy) is 2. The number of aromatic nitrogens is 1. The van der Waals surface area contributed by atoms with E-state index in [2.05, 4.69) is 37.3 Å². The van der Waals surface area contributed by atoms with Crippen molar-refractivity contribution in [3.63, 3.8) is 0 Å². The fourth-order valence-electron chi connectivity index (χ4n) is 5.00. The van der Waals surface area contributed by atoms with Crippen LogP contribution in [0, 0.1) is 13.8 Å². The molecule has 37 heavy (non-hydrogen) atoms. The van der Waals surface area contributed by atoms with E-state index in [1.54, 1.807) is 5.01 Å². The van der Waals surface area contributed by atoms with Gasteiger partial charge in [0.1, 0.15) is 12.4 Å². The summed E-state index contributed by atoms with van der Waals surface area (Å²) in [6.45, 7) is 6.63. The average Bonchev–Trinajstić information content (AvgIpc) is 3.34. The molecule has 5 rings (SSSR count). The van der Waals surface area contributed by atoms with Crippen LogP contribution in [-0.2, 0) is 9.53 Å². The van der Waals surface area contributed by atoms with Gasteiger partial charge in [-0.15, -0.1) is 0 Å². The number of hydrogen-bond donors (Lipinski definition) is 0. The van der Waals surface area contributed by atoms with Crippen LogP contribution < -0.4 is 4.74 Å². The zero-order valence-corrected chi connectivity index (χ0v) is 21.7. The molecule has 0 radical (unpaired) electrons. The minimum atomic E-state index is -0.245. The summed E-state index contributed by atoms with van der Waals surface area (Å²) in [6.07, 6.45) is 0.573. The largest absolute Gasteiger partial charge is 0.494 e. The van der Waals surface area contributed by atoms with Crippen molar-refractivity contribution in [3.05, 3.63) is 95.2 Å². The first-order valence-electron chi connectivity index (χ1n) is 12.6. The summed E-state index contributed by atoms with van der Waals surface area (Å²) in [4.78, 5) is 18.1. The number of hydrogen-bond acceptors (Lipinski definition) is 5. The molecular formula is C31H31N3O3. The monoisotopic (exact) mass is 493 g/mol. The van der Waals surface area contributed by atoms with E-state index in [4.69, 9.17) is 19.6 Å². The van der Waals surface area contributed by atoms with Crippen molar-refractivity contribution < 1.29 is 14.3 Å². The van der Waals surface area contributed by atoms with Gasteiger partial charge in [-0.25, -0.2) is 5.01 Å². The van der Waals surface area contributed by atoms with Crippen molar-refractivity contribution in [1.29, 1.82) is 0 Å². The van der Waals surface area contributed by atoms with Crippen molar-refractivity contribution in [2.45, 2.75) is 33.2 Å². The number of carbonyl (C=O) groups is 1. The third-order valence-corrected chi connectivity index (χ3v) is 6.71. The van der Waals surface area contributed by atoms with Crippen LogP contribution >= 0.6 is 0 Å². The molecule has 188 valence electrons. The first kappa shape index (κ1) is 24.7. The SMILES string of the molecule is CCOc1ccc([C@H]2CC(c3c(C)nc4ccccc4c3-c3ccc(C)cc3)=NN2C(=O)COC)cc1.